The Balaban J connectivity index is 1.65. The average molecular weight is 307 g/mol. The zero-order chi connectivity index (χ0) is 15.0. The molecule has 1 aromatic heterocycles. The number of halogens is 1. The summed E-state index contributed by atoms with van der Waals surface area (Å²) in [6.45, 7) is 6.16. The van der Waals surface area contributed by atoms with Gasteiger partial charge in [0.1, 0.15) is 6.26 Å². The second-order valence-electron chi connectivity index (χ2n) is 6.06. The normalized spacial score (nSPS) is 18.0. The number of nitrogens with zero attached hydrogens (tertiary/aromatic N) is 2. The Morgan fingerprint density at radius 2 is 2.19 bits per heavy atom. The number of likely N-dealkylation sites (tertiary alicyclic amines) is 1. The molecule has 0 unspecified atom stereocenters. The van der Waals surface area contributed by atoms with Crippen molar-refractivity contribution in [2.75, 3.05) is 13.1 Å². The van der Waals surface area contributed by atoms with Gasteiger partial charge in [0.25, 0.3) is 0 Å². The SMILES string of the molecule is CC(C)C1(O)CN(Cc2coc(-c3cccc(Cl)c3)n2)C1. The van der Waals surface area contributed by atoms with E-state index in [0.29, 0.717) is 30.5 Å². The molecule has 0 aliphatic carbocycles. The number of hydrogen-bond acceptors (Lipinski definition) is 4. The fraction of sp³-hybridized carbons (Fsp3) is 0.438. The van der Waals surface area contributed by atoms with Crippen molar-refractivity contribution in [1.29, 1.82) is 0 Å². The summed E-state index contributed by atoms with van der Waals surface area (Å²) in [7, 11) is 0. The molecule has 0 amide bonds. The van der Waals surface area contributed by atoms with Crippen LogP contribution in [0.1, 0.15) is 19.5 Å². The molecule has 4 nitrogen and oxygen atoms in total. The van der Waals surface area contributed by atoms with Gasteiger partial charge in [0.05, 0.1) is 11.3 Å². The summed E-state index contributed by atoms with van der Waals surface area (Å²) in [5.74, 6) is 0.847. The van der Waals surface area contributed by atoms with Crippen LogP contribution in [0.2, 0.25) is 5.02 Å². The number of oxazole rings is 1. The highest BCUT2D eigenvalue weighted by atomic mass is 35.5. The summed E-state index contributed by atoms with van der Waals surface area (Å²) < 4.78 is 5.52. The highest BCUT2D eigenvalue weighted by molar-refractivity contribution is 6.30. The van der Waals surface area contributed by atoms with E-state index in [9.17, 15) is 5.11 Å². The number of hydrogen-bond donors (Lipinski definition) is 1. The van der Waals surface area contributed by atoms with Crippen LogP contribution in [0, 0.1) is 5.92 Å². The fourth-order valence-corrected chi connectivity index (χ4v) is 2.76. The van der Waals surface area contributed by atoms with Crippen molar-refractivity contribution < 1.29 is 9.52 Å². The van der Waals surface area contributed by atoms with Crippen LogP contribution in [0.4, 0.5) is 0 Å². The van der Waals surface area contributed by atoms with Crippen molar-refractivity contribution in [3.05, 3.63) is 41.2 Å². The first kappa shape index (κ1) is 14.6. The lowest BCUT2D eigenvalue weighted by Crippen LogP contribution is -2.63. The van der Waals surface area contributed by atoms with Crippen molar-refractivity contribution in [3.63, 3.8) is 0 Å². The second kappa shape index (κ2) is 5.44. The van der Waals surface area contributed by atoms with Crippen LogP contribution in [0.25, 0.3) is 11.5 Å². The minimum atomic E-state index is -0.556. The molecule has 0 spiro atoms. The number of rotatable bonds is 4. The molecule has 0 radical (unpaired) electrons. The third-order valence-corrected chi connectivity index (χ3v) is 4.31. The van der Waals surface area contributed by atoms with Crippen LogP contribution >= 0.6 is 11.6 Å². The van der Waals surface area contributed by atoms with Crippen molar-refractivity contribution in [1.82, 2.24) is 9.88 Å². The van der Waals surface area contributed by atoms with E-state index >= 15 is 0 Å². The van der Waals surface area contributed by atoms with Crippen LogP contribution in [0.3, 0.4) is 0 Å². The Labute approximate surface area is 129 Å². The van der Waals surface area contributed by atoms with E-state index < -0.39 is 5.60 Å². The van der Waals surface area contributed by atoms with Crippen molar-refractivity contribution in [2.45, 2.75) is 26.0 Å². The van der Waals surface area contributed by atoms with E-state index in [-0.39, 0.29) is 5.92 Å². The molecule has 2 aromatic rings. The topological polar surface area (TPSA) is 49.5 Å². The molecule has 1 N–H and O–H groups in total. The maximum atomic E-state index is 10.2. The summed E-state index contributed by atoms with van der Waals surface area (Å²) in [6, 6.07) is 7.45. The molecule has 1 aromatic carbocycles. The molecule has 1 saturated heterocycles. The summed E-state index contributed by atoms with van der Waals surface area (Å²) in [6.07, 6.45) is 1.67. The third-order valence-electron chi connectivity index (χ3n) is 4.08. The van der Waals surface area contributed by atoms with Crippen LogP contribution in [0.5, 0.6) is 0 Å². The molecule has 2 heterocycles. The van der Waals surface area contributed by atoms with E-state index in [1.165, 1.54) is 0 Å². The van der Waals surface area contributed by atoms with Gasteiger partial charge in [0.2, 0.25) is 5.89 Å². The smallest absolute Gasteiger partial charge is 0.226 e. The summed E-state index contributed by atoms with van der Waals surface area (Å²) in [5.41, 5.74) is 1.19. The summed E-state index contributed by atoms with van der Waals surface area (Å²) in [4.78, 5) is 6.65. The van der Waals surface area contributed by atoms with Gasteiger partial charge in [0, 0.05) is 30.2 Å². The Hall–Kier alpha value is -1.36. The summed E-state index contributed by atoms with van der Waals surface area (Å²) in [5, 5.41) is 10.9. The van der Waals surface area contributed by atoms with Crippen LogP contribution in [0.15, 0.2) is 34.9 Å². The summed E-state index contributed by atoms with van der Waals surface area (Å²) >= 11 is 5.97. The predicted octanol–water partition coefficient (Wildman–Crippen LogP) is 3.20. The first-order chi connectivity index (χ1) is 9.96. The molecule has 1 aliphatic rings. The molecule has 5 heteroatoms. The first-order valence-corrected chi connectivity index (χ1v) is 7.49. The fourth-order valence-electron chi connectivity index (χ4n) is 2.57. The van der Waals surface area contributed by atoms with Crippen molar-refractivity contribution >= 4 is 11.6 Å². The van der Waals surface area contributed by atoms with Gasteiger partial charge in [-0.3, -0.25) is 4.90 Å². The van der Waals surface area contributed by atoms with E-state index in [2.05, 4.69) is 9.88 Å². The van der Waals surface area contributed by atoms with Gasteiger partial charge < -0.3 is 9.52 Å². The van der Waals surface area contributed by atoms with Gasteiger partial charge in [-0.05, 0) is 24.1 Å². The Kier molecular flexibility index (Phi) is 3.78. The van der Waals surface area contributed by atoms with Gasteiger partial charge in [-0.2, -0.15) is 0 Å². The third kappa shape index (κ3) is 2.98. The Morgan fingerprint density at radius 3 is 2.86 bits per heavy atom. The van der Waals surface area contributed by atoms with Gasteiger partial charge in [0.15, 0.2) is 0 Å². The molecular formula is C16H19ClN2O2. The quantitative estimate of drug-likeness (QED) is 0.942. The monoisotopic (exact) mass is 306 g/mol. The standard InChI is InChI=1S/C16H19ClN2O2/c1-11(2)16(20)9-19(10-16)7-14-8-21-15(18-14)12-4-3-5-13(17)6-12/h3-6,8,11,20H,7,9-10H2,1-2H3. The molecule has 1 fully saturated rings. The number of β-amino-alcohol motifs (C(OH)–C–C–N with tert-alkyl or cyclic N) is 1. The molecule has 3 rings (SSSR count). The highest BCUT2D eigenvalue weighted by Gasteiger charge is 2.43. The maximum absolute atomic E-state index is 10.2. The van der Waals surface area contributed by atoms with Crippen LogP contribution in [-0.4, -0.2) is 33.7 Å². The molecule has 0 bridgehead atoms. The number of aliphatic hydroxyl groups is 1. The number of aromatic nitrogens is 1. The van der Waals surface area contributed by atoms with Gasteiger partial charge in [-0.15, -0.1) is 0 Å². The van der Waals surface area contributed by atoms with E-state index in [1.54, 1.807) is 6.26 Å². The minimum Gasteiger partial charge on any atom is -0.444 e. The minimum absolute atomic E-state index is 0.271. The Morgan fingerprint density at radius 1 is 1.43 bits per heavy atom. The molecule has 0 saturated carbocycles. The number of benzene rings is 1. The Bertz CT molecular complexity index is 633. The van der Waals surface area contributed by atoms with Crippen molar-refractivity contribution in [3.8, 4) is 11.5 Å². The van der Waals surface area contributed by atoms with E-state index in [1.807, 2.05) is 38.1 Å². The predicted molar refractivity (Wildman–Crippen MR) is 82.0 cm³/mol. The first-order valence-electron chi connectivity index (χ1n) is 7.11. The zero-order valence-corrected chi connectivity index (χ0v) is 13.0. The van der Waals surface area contributed by atoms with E-state index in [0.717, 1.165) is 11.3 Å². The molecular weight excluding hydrogens is 288 g/mol. The van der Waals surface area contributed by atoms with Gasteiger partial charge in [-0.1, -0.05) is 31.5 Å². The van der Waals surface area contributed by atoms with Crippen LogP contribution in [-0.2, 0) is 6.54 Å². The average Bonchev–Trinajstić information content (AvgIpc) is 2.85. The molecule has 112 valence electrons. The van der Waals surface area contributed by atoms with Crippen LogP contribution < -0.4 is 0 Å². The molecule has 1 aliphatic heterocycles. The second-order valence-corrected chi connectivity index (χ2v) is 6.49. The highest BCUT2D eigenvalue weighted by Crippen LogP contribution is 2.30. The van der Waals surface area contributed by atoms with Gasteiger partial charge in [-0.25, -0.2) is 4.98 Å². The van der Waals surface area contributed by atoms with E-state index in [4.69, 9.17) is 16.0 Å². The molecule has 21 heavy (non-hydrogen) atoms. The lowest BCUT2D eigenvalue weighted by molar-refractivity contribution is -0.131. The maximum Gasteiger partial charge on any atom is 0.226 e. The van der Waals surface area contributed by atoms with Gasteiger partial charge >= 0.3 is 0 Å². The largest absolute Gasteiger partial charge is 0.444 e. The lowest BCUT2D eigenvalue weighted by atomic mass is 9.83. The van der Waals surface area contributed by atoms with Crippen molar-refractivity contribution in [2.24, 2.45) is 5.92 Å². The zero-order valence-electron chi connectivity index (χ0n) is 12.2. The lowest BCUT2D eigenvalue weighted by Gasteiger charge is -2.48. The molecule has 0 atom stereocenters.